The zero-order valence-electron chi connectivity index (χ0n) is 17.3. The van der Waals surface area contributed by atoms with E-state index in [1.54, 1.807) is 36.3 Å². The van der Waals surface area contributed by atoms with Crippen LogP contribution >= 0.6 is 11.3 Å². The van der Waals surface area contributed by atoms with E-state index in [1.165, 1.54) is 30.6 Å². The first-order valence-corrected chi connectivity index (χ1v) is 11.5. The van der Waals surface area contributed by atoms with Gasteiger partial charge >= 0.3 is 6.03 Å². The molecule has 2 fully saturated rings. The molecule has 30 heavy (non-hydrogen) atoms. The number of nitrogens with zero attached hydrogens (tertiary/aromatic N) is 3. The number of urea groups is 1. The quantitative estimate of drug-likeness (QED) is 0.697. The molecule has 2 amide bonds. The van der Waals surface area contributed by atoms with Crippen molar-refractivity contribution in [2.45, 2.75) is 50.9 Å². The average Bonchev–Trinajstić information content (AvgIpc) is 3.28. The Labute approximate surface area is 180 Å². The van der Waals surface area contributed by atoms with Crippen LogP contribution in [-0.2, 0) is 0 Å². The Hall–Kier alpha value is -2.48. The Morgan fingerprint density at radius 3 is 2.40 bits per heavy atom. The summed E-state index contributed by atoms with van der Waals surface area (Å²) < 4.78 is 5.15. The fourth-order valence-electron chi connectivity index (χ4n) is 4.31. The van der Waals surface area contributed by atoms with Gasteiger partial charge in [-0.25, -0.2) is 4.79 Å². The maximum absolute atomic E-state index is 12.7. The Bertz CT molecular complexity index is 869. The molecule has 2 aromatic rings. The second kappa shape index (κ2) is 9.55. The number of ether oxygens (including phenoxy) is 1. The number of carbonyl (C=O) groups excluding carboxylic acids is 2. The van der Waals surface area contributed by atoms with Gasteiger partial charge in [0.2, 0.25) is 5.13 Å². The van der Waals surface area contributed by atoms with Gasteiger partial charge in [0, 0.05) is 30.5 Å². The largest absolute Gasteiger partial charge is 0.497 e. The standard InChI is InChI=1S/C22H28N4O3S/c1-29-18-9-7-15(8-10-18)19(27)16-11-13-26(14-12-16)22(28)23-21-25-24-20(30-21)17-5-3-2-4-6-17/h7-10,16-17H,2-6,11-14H2,1H3,(H,23,25,28). The first-order chi connectivity index (χ1) is 14.6. The van der Waals surface area contributed by atoms with Crippen LogP contribution in [0.15, 0.2) is 24.3 Å². The third-order valence-corrected chi connectivity index (χ3v) is 7.14. The Morgan fingerprint density at radius 1 is 1.03 bits per heavy atom. The number of benzene rings is 1. The molecule has 0 atom stereocenters. The van der Waals surface area contributed by atoms with Crippen molar-refractivity contribution in [1.82, 2.24) is 15.1 Å². The molecule has 2 heterocycles. The Morgan fingerprint density at radius 2 is 1.73 bits per heavy atom. The number of piperidine rings is 1. The highest BCUT2D eigenvalue weighted by atomic mass is 32.1. The molecule has 0 unspecified atom stereocenters. The van der Waals surface area contributed by atoms with Gasteiger partial charge in [0.15, 0.2) is 5.78 Å². The number of amides is 2. The van der Waals surface area contributed by atoms with E-state index in [9.17, 15) is 9.59 Å². The van der Waals surface area contributed by atoms with Crippen LogP contribution in [0.4, 0.5) is 9.93 Å². The summed E-state index contributed by atoms with van der Waals surface area (Å²) in [7, 11) is 1.61. The molecule has 7 nitrogen and oxygen atoms in total. The van der Waals surface area contributed by atoms with E-state index in [1.807, 2.05) is 0 Å². The van der Waals surface area contributed by atoms with Crippen LogP contribution in [0, 0.1) is 5.92 Å². The molecule has 1 aliphatic heterocycles. The lowest BCUT2D eigenvalue weighted by molar-refractivity contribution is 0.0859. The van der Waals surface area contributed by atoms with E-state index in [0.29, 0.717) is 42.5 Å². The van der Waals surface area contributed by atoms with E-state index in [4.69, 9.17) is 4.74 Å². The summed E-state index contributed by atoms with van der Waals surface area (Å²) in [6, 6.07) is 7.06. The van der Waals surface area contributed by atoms with E-state index < -0.39 is 0 Å². The maximum Gasteiger partial charge on any atom is 0.323 e. The molecule has 160 valence electrons. The average molecular weight is 429 g/mol. The molecule has 4 rings (SSSR count). The van der Waals surface area contributed by atoms with Crippen molar-refractivity contribution in [3.05, 3.63) is 34.8 Å². The van der Waals surface area contributed by atoms with Crippen LogP contribution in [0.3, 0.4) is 0 Å². The molecule has 1 aromatic carbocycles. The summed E-state index contributed by atoms with van der Waals surface area (Å²) in [5, 5.41) is 13.0. The number of likely N-dealkylation sites (tertiary alicyclic amines) is 1. The molecular formula is C22H28N4O3S. The van der Waals surface area contributed by atoms with Crippen molar-refractivity contribution in [2.75, 3.05) is 25.5 Å². The summed E-state index contributed by atoms with van der Waals surface area (Å²) >= 11 is 1.49. The van der Waals surface area contributed by atoms with Gasteiger partial charge in [-0.3, -0.25) is 10.1 Å². The van der Waals surface area contributed by atoms with Crippen molar-refractivity contribution >= 4 is 28.3 Å². The third-order valence-electron chi connectivity index (χ3n) is 6.14. The first-order valence-electron chi connectivity index (χ1n) is 10.7. The number of methoxy groups -OCH3 is 1. The van der Waals surface area contributed by atoms with Crippen molar-refractivity contribution in [3.63, 3.8) is 0 Å². The Kier molecular flexibility index (Phi) is 6.62. The number of carbonyl (C=O) groups is 2. The number of Topliss-reactive ketones (excluding diaryl/α,β-unsaturated/α-hetero) is 1. The molecule has 0 bridgehead atoms. The van der Waals surface area contributed by atoms with Crippen LogP contribution in [0.25, 0.3) is 0 Å². The molecule has 0 spiro atoms. The lowest BCUT2D eigenvalue weighted by atomic mass is 9.89. The second-order valence-corrected chi connectivity index (χ2v) is 9.07. The number of aromatic nitrogens is 2. The minimum absolute atomic E-state index is 0.0538. The maximum atomic E-state index is 12.7. The molecule has 0 radical (unpaired) electrons. The molecule has 1 aliphatic carbocycles. The molecule has 1 N–H and O–H groups in total. The van der Waals surface area contributed by atoms with E-state index in [-0.39, 0.29) is 17.7 Å². The van der Waals surface area contributed by atoms with E-state index in [0.717, 1.165) is 23.6 Å². The number of hydrogen-bond donors (Lipinski definition) is 1. The van der Waals surface area contributed by atoms with Crippen molar-refractivity contribution in [3.8, 4) is 5.75 Å². The number of ketones is 1. The normalized spacial score (nSPS) is 18.2. The predicted molar refractivity (Wildman–Crippen MR) is 116 cm³/mol. The minimum Gasteiger partial charge on any atom is -0.497 e. The molecule has 2 aliphatic rings. The zero-order valence-corrected chi connectivity index (χ0v) is 18.1. The molecule has 1 saturated heterocycles. The van der Waals surface area contributed by atoms with Crippen molar-refractivity contribution in [1.29, 1.82) is 0 Å². The van der Waals surface area contributed by atoms with Crippen LogP contribution in [-0.4, -0.2) is 47.1 Å². The molecule has 1 saturated carbocycles. The van der Waals surface area contributed by atoms with Gasteiger partial charge in [0.25, 0.3) is 0 Å². The predicted octanol–water partition coefficient (Wildman–Crippen LogP) is 4.72. The SMILES string of the molecule is COc1ccc(C(=O)C2CCN(C(=O)Nc3nnc(C4CCCCC4)s3)CC2)cc1. The fourth-order valence-corrected chi connectivity index (χ4v) is 5.21. The van der Waals surface area contributed by atoms with Crippen molar-refractivity contribution in [2.24, 2.45) is 5.92 Å². The second-order valence-electron chi connectivity index (χ2n) is 8.06. The molecule has 8 heteroatoms. The highest BCUT2D eigenvalue weighted by molar-refractivity contribution is 7.15. The summed E-state index contributed by atoms with van der Waals surface area (Å²) in [5.74, 6) is 1.31. The van der Waals surface area contributed by atoms with Gasteiger partial charge < -0.3 is 9.64 Å². The van der Waals surface area contributed by atoms with Gasteiger partial charge in [-0.15, -0.1) is 10.2 Å². The molecular weight excluding hydrogens is 400 g/mol. The highest BCUT2D eigenvalue weighted by Crippen LogP contribution is 2.35. The summed E-state index contributed by atoms with van der Waals surface area (Å²) in [6.45, 7) is 1.12. The zero-order chi connectivity index (χ0) is 20.9. The van der Waals surface area contributed by atoms with Crippen LogP contribution in [0.2, 0.25) is 0 Å². The summed E-state index contributed by atoms with van der Waals surface area (Å²) in [6.07, 6.45) is 7.46. The smallest absolute Gasteiger partial charge is 0.323 e. The van der Waals surface area contributed by atoms with Gasteiger partial charge in [0.05, 0.1) is 7.11 Å². The lowest BCUT2D eigenvalue weighted by Crippen LogP contribution is -2.42. The van der Waals surface area contributed by atoms with E-state index in [2.05, 4.69) is 15.5 Å². The first kappa shape index (κ1) is 20.8. The van der Waals surface area contributed by atoms with Gasteiger partial charge in [-0.2, -0.15) is 0 Å². The monoisotopic (exact) mass is 428 g/mol. The van der Waals surface area contributed by atoms with Crippen LogP contribution in [0.1, 0.15) is 66.2 Å². The lowest BCUT2D eigenvalue weighted by Gasteiger charge is -2.31. The minimum atomic E-state index is -0.156. The number of anilines is 1. The number of rotatable bonds is 5. The number of nitrogens with one attached hydrogen (secondary N) is 1. The topological polar surface area (TPSA) is 84.4 Å². The van der Waals surface area contributed by atoms with Crippen molar-refractivity contribution < 1.29 is 14.3 Å². The molecule has 1 aromatic heterocycles. The van der Waals surface area contributed by atoms with Crippen LogP contribution in [0.5, 0.6) is 5.75 Å². The third kappa shape index (κ3) is 4.80. The van der Waals surface area contributed by atoms with Gasteiger partial charge in [-0.1, -0.05) is 30.6 Å². The highest BCUT2D eigenvalue weighted by Gasteiger charge is 2.28. The summed E-state index contributed by atoms with van der Waals surface area (Å²) in [4.78, 5) is 27.1. The van der Waals surface area contributed by atoms with Gasteiger partial charge in [-0.05, 0) is 49.9 Å². The Balaban J connectivity index is 1.28. The van der Waals surface area contributed by atoms with Crippen LogP contribution < -0.4 is 10.1 Å². The van der Waals surface area contributed by atoms with Gasteiger partial charge in [0.1, 0.15) is 10.8 Å². The van der Waals surface area contributed by atoms with E-state index >= 15 is 0 Å². The number of hydrogen-bond acceptors (Lipinski definition) is 6. The fraction of sp³-hybridized carbons (Fsp3) is 0.545. The summed E-state index contributed by atoms with van der Waals surface area (Å²) in [5.41, 5.74) is 0.697.